The number of aromatic nitrogens is 1. The first-order valence-corrected chi connectivity index (χ1v) is 10.1. The number of ketones is 1. The molecule has 2 nitrogen and oxygen atoms in total. The van der Waals surface area contributed by atoms with Crippen molar-refractivity contribution in [3.63, 3.8) is 0 Å². The number of Topliss-reactive ketones (excluding diaryl/α,β-unsaturated/α-hetero) is 1. The van der Waals surface area contributed by atoms with E-state index in [0.717, 1.165) is 33.0 Å². The normalized spacial score (nSPS) is 14.8. The highest BCUT2D eigenvalue weighted by atomic mass is 35.5. The van der Waals surface area contributed by atoms with Crippen LogP contribution in [0.5, 0.6) is 0 Å². The number of hydrogen-bond acceptors (Lipinski definition) is 4. The number of thioether (sulfide) groups is 1. The number of carbonyl (C=O) groups excluding carboxylic acids is 1. The van der Waals surface area contributed by atoms with Gasteiger partial charge in [-0.1, -0.05) is 35.5 Å². The summed E-state index contributed by atoms with van der Waals surface area (Å²) in [5.74, 6) is 0.173. The molecule has 4 rings (SSSR count). The average Bonchev–Trinajstić information content (AvgIpc) is 3.18. The van der Waals surface area contributed by atoms with Crippen molar-refractivity contribution in [2.45, 2.75) is 35.8 Å². The zero-order chi connectivity index (χ0) is 16.7. The topological polar surface area (TPSA) is 30.0 Å². The molecule has 0 spiro atoms. The first-order chi connectivity index (χ1) is 11.6. The lowest BCUT2D eigenvalue weighted by molar-refractivity contribution is 0.0994. The summed E-state index contributed by atoms with van der Waals surface area (Å²) in [5, 5.41) is 0.534. The zero-order valence-electron chi connectivity index (χ0n) is 13.2. The fourth-order valence-electron chi connectivity index (χ4n) is 3.09. The molecular formula is C19H16ClNOS2. The molecule has 0 saturated carbocycles. The summed E-state index contributed by atoms with van der Waals surface area (Å²) in [6.45, 7) is 1.96. The van der Waals surface area contributed by atoms with Gasteiger partial charge in [0.2, 0.25) is 0 Å². The van der Waals surface area contributed by atoms with Crippen molar-refractivity contribution in [2.75, 3.05) is 0 Å². The standard InChI is InChI=1S/C19H16ClNOS2/c1-11(18(22)14-6-5-12-3-2-4-13(12)9-14)23-19-21-16-10-15(20)7-8-17(16)24-19/h5-11H,2-4H2,1H3/t11-/m1/s1. The Morgan fingerprint density at radius 2 is 2.04 bits per heavy atom. The third kappa shape index (κ3) is 3.10. The highest BCUT2D eigenvalue weighted by Crippen LogP contribution is 2.34. The third-order valence-corrected chi connectivity index (χ3v) is 6.83. The van der Waals surface area contributed by atoms with Crippen LogP contribution < -0.4 is 0 Å². The monoisotopic (exact) mass is 373 g/mol. The van der Waals surface area contributed by atoms with Gasteiger partial charge in [0.15, 0.2) is 10.1 Å². The number of hydrogen-bond donors (Lipinski definition) is 0. The molecule has 0 N–H and O–H groups in total. The predicted molar refractivity (Wildman–Crippen MR) is 103 cm³/mol. The molecule has 2 aromatic carbocycles. The van der Waals surface area contributed by atoms with Gasteiger partial charge < -0.3 is 0 Å². The number of fused-ring (bicyclic) bond motifs is 2. The summed E-state index contributed by atoms with van der Waals surface area (Å²) < 4.78 is 2.01. The van der Waals surface area contributed by atoms with Crippen LogP contribution in [-0.4, -0.2) is 16.0 Å². The molecule has 0 radical (unpaired) electrons. The average molecular weight is 374 g/mol. The molecule has 0 saturated heterocycles. The van der Waals surface area contributed by atoms with Crippen molar-refractivity contribution >= 4 is 50.7 Å². The number of nitrogens with zero attached hydrogens (tertiary/aromatic N) is 1. The summed E-state index contributed by atoms with van der Waals surface area (Å²) in [6, 6.07) is 11.9. The molecule has 1 heterocycles. The summed E-state index contributed by atoms with van der Waals surface area (Å²) in [7, 11) is 0. The highest BCUT2D eigenvalue weighted by Gasteiger charge is 2.20. The van der Waals surface area contributed by atoms with E-state index in [0.29, 0.717) is 5.02 Å². The lowest BCUT2D eigenvalue weighted by atomic mass is 10.0. The Balaban J connectivity index is 1.54. The first-order valence-electron chi connectivity index (χ1n) is 7.99. The van der Waals surface area contributed by atoms with Gasteiger partial charge in [-0.25, -0.2) is 4.98 Å². The van der Waals surface area contributed by atoms with Crippen molar-refractivity contribution in [1.82, 2.24) is 4.98 Å². The minimum atomic E-state index is -0.152. The molecule has 1 aliphatic rings. The fourth-order valence-corrected chi connectivity index (χ4v) is 5.53. The lowest BCUT2D eigenvalue weighted by Crippen LogP contribution is -2.13. The van der Waals surface area contributed by atoms with Gasteiger partial charge in [0.25, 0.3) is 0 Å². The first kappa shape index (κ1) is 16.1. The quantitative estimate of drug-likeness (QED) is 0.427. The maximum Gasteiger partial charge on any atom is 0.175 e. The Bertz CT molecular complexity index is 934. The Labute approximate surface area is 154 Å². The van der Waals surface area contributed by atoms with E-state index in [-0.39, 0.29) is 11.0 Å². The van der Waals surface area contributed by atoms with Crippen LogP contribution in [0.2, 0.25) is 5.02 Å². The van der Waals surface area contributed by atoms with E-state index in [4.69, 9.17) is 11.6 Å². The molecule has 1 aromatic heterocycles. The summed E-state index contributed by atoms with van der Waals surface area (Å²) in [5.41, 5.74) is 4.45. The number of halogens is 1. The van der Waals surface area contributed by atoms with Crippen molar-refractivity contribution in [1.29, 1.82) is 0 Å². The molecule has 0 unspecified atom stereocenters. The number of rotatable bonds is 4. The summed E-state index contributed by atoms with van der Waals surface area (Å²) >= 11 is 9.15. The van der Waals surface area contributed by atoms with E-state index in [2.05, 4.69) is 17.1 Å². The van der Waals surface area contributed by atoms with Gasteiger partial charge in [-0.05, 0) is 61.6 Å². The molecule has 0 aliphatic heterocycles. The van der Waals surface area contributed by atoms with Crippen LogP contribution in [0.4, 0.5) is 0 Å². The van der Waals surface area contributed by atoms with E-state index < -0.39 is 0 Å². The van der Waals surface area contributed by atoms with Crippen molar-refractivity contribution in [3.05, 3.63) is 58.1 Å². The van der Waals surface area contributed by atoms with Crippen LogP contribution >= 0.6 is 34.7 Å². The number of aryl methyl sites for hydroxylation is 2. The lowest BCUT2D eigenvalue weighted by Gasteiger charge is -2.09. The van der Waals surface area contributed by atoms with Crippen LogP contribution in [-0.2, 0) is 12.8 Å². The molecule has 5 heteroatoms. The Kier molecular flexibility index (Phi) is 4.37. The van der Waals surface area contributed by atoms with Crippen LogP contribution in [0.1, 0.15) is 34.8 Å². The van der Waals surface area contributed by atoms with Gasteiger partial charge >= 0.3 is 0 Å². The Morgan fingerprint density at radius 1 is 1.21 bits per heavy atom. The fraction of sp³-hybridized carbons (Fsp3) is 0.263. The van der Waals surface area contributed by atoms with Crippen LogP contribution in [0.25, 0.3) is 10.2 Å². The van der Waals surface area contributed by atoms with E-state index >= 15 is 0 Å². The molecule has 1 aliphatic carbocycles. The molecule has 0 fully saturated rings. The zero-order valence-corrected chi connectivity index (χ0v) is 15.6. The molecule has 122 valence electrons. The summed E-state index contributed by atoms with van der Waals surface area (Å²) in [4.78, 5) is 17.3. The third-order valence-electron chi connectivity index (χ3n) is 4.36. The Hall–Kier alpha value is -1.36. The van der Waals surface area contributed by atoms with Gasteiger partial charge in [-0.15, -0.1) is 11.3 Å². The van der Waals surface area contributed by atoms with Crippen molar-refractivity contribution in [2.24, 2.45) is 0 Å². The van der Waals surface area contributed by atoms with Crippen LogP contribution in [0, 0.1) is 0 Å². The van der Waals surface area contributed by atoms with E-state index in [1.165, 1.54) is 29.3 Å². The number of benzene rings is 2. The van der Waals surface area contributed by atoms with Gasteiger partial charge in [0.1, 0.15) is 0 Å². The smallest absolute Gasteiger partial charge is 0.175 e. The van der Waals surface area contributed by atoms with Gasteiger partial charge in [-0.2, -0.15) is 0 Å². The maximum atomic E-state index is 12.8. The predicted octanol–water partition coefficient (Wildman–Crippen LogP) is 5.80. The minimum Gasteiger partial charge on any atom is -0.293 e. The second-order valence-corrected chi connectivity index (χ2v) is 9.11. The van der Waals surface area contributed by atoms with Crippen molar-refractivity contribution < 1.29 is 4.79 Å². The van der Waals surface area contributed by atoms with Crippen LogP contribution in [0.3, 0.4) is 0 Å². The Morgan fingerprint density at radius 3 is 2.92 bits per heavy atom. The molecule has 1 atom stereocenters. The molecule has 3 aromatic rings. The second kappa shape index (κ2) is 6.51. The second-order valence-electron chi connectivity index (χ2n) is 6.05. The van der Waals surface area contributed by atoms with Gasteiger partial charge in [-0.3, -0.25) is 4.79 Å². The largest absolute Gasteiger partial charge is 0.293 e. The van der Waals surface area contributed by atoms with E-state index in [9.17, 15) is 4.79 Å². The number of thiazole rings is 1. The van der Waals surface area contributed by atoms with Gasteiger partial charge in [0, 0.05) is 10.6 Å². The summed E-state index contributed by atoms with van der Waals surface area (Å²) in [6.07, 6.45) is 3.44. The maximum absolute atomic E-state index is 12.8. The van der Waals surface area contributed by atoms with E-state index in [1.54, 1.807) is 11.3 Å². The SMILES string of the molecule is C[C@@H](Sc1nc2cc(Cl)ccc2s1)C(=O)c1ccc2c(c1)CCC2. The van der Waals surface area contributed by atoms with Crippen molar-refractivity contribution in [3.8, 4) is 0 Å². The number of carbonyl (C=O) groups is 1. The van der Waals surface area contributed by atoms with Gasteiger partial charge in [0.05, 0.1) is 15.5 Å². The highest BCUT2D eigenvalue weighted by molar-refractivity contribution is 8.02. The molecular weight excluding hydrogens is 358 g/mol. The molecule has 0 amide bonds. The minimum absolute atomic E-state index is 0.152. The van der Waals surface area contributed by atoms with Crippen LogP contribution in [0.15, 0.2) is 40.7 Å². The van der Waals surface area contributed by atoms with E-state index in [1.807, 2.05) is 31.2 Å². The molecule has 24 heavy (non-hydrogen) atoms. The molecule has 0 bridgehead atoms.